The first-order valence-electron chi connectivity index (χ1n) is 8.34. The first-order valence-corrected chi connectivity index (χ1v) is 8.34. The van der Waals surface area contributed by atoms with Crippen LogP contribution in [0.4, 0.5) is 0 Å². The van der Waals surface area contributed by atoms with Crippen LogP contribution in [-0.2, 0) is 9.53 Å². The van der Waals surface area contributed by atoms with Gasteiger partial charge in [-0.25, -0.2) is 0 Å². The summed E-state index contributed by atoms with van der Waals surface area (Å²) in [5.41, 5.74) is -0.332. The molecule has 0 radical (unpaired) electrons. The Morgan fingerprint density at radius 3 is 2.62 bits per heavy atom. The molecule has 0 amide bonds. The molecule has 0 aromatic heterocycles. The summed E-state index contributed by atoms with van der Waals surface area (Å²) in [6.45, 7) is 11.4. The number of ether oxygens (including phenoxy) is 1. The molecule has 2 rings (SSSR count). The molecule has 2 fully saturated rings. The Bertz CT molecular complexity index is 380. The molecule has 4 heteroatoms. The second-order valence-electron chi connectivity index (χ2n) is 7.94. The van der Waals surface area contributed by atoms with E-state index < -0.39 is 0 Å². The molecule has 4 nitrogen and oxygen atoms in total. The molecule has 1 unspecified atom stereocenters. The van der Waals surface area contributed by atoms with Crippen LogP contribution in [0.2, 0.25) is 0 Å². The van der Waals surface area contributed by atoms with E-state index in [2.05, 4.69) is 20.8 Å². The van der Waals surface area contributed by atoms with E-state index in [1.807, 2.05) is 18.7 Å². The van der Waals surface area contributed by atoms with E-state index in [-0.39, 0.29) is 30.3 Å². The molecule has 1 saturated carbocycles. The molecule has 0 spiro atoms. The average Bonchev–Trinajstić information content (AvgIpc) is 3.19. The van der Waals surface area contributed by atoms with Crippen LogP contribution in [0.5, 0.6) is 0 Å². The van der Waals surface area contributed by atoms with E-state index in [4.69, 9.17) is 4.74 Å². The predicted molar refractivity (Wildman–Crippen MR) is 82.9 cm³/mol. The molecule has 1 aliphatic carbocycles. The van der Waals surface area contributed by atoms with Crippen LogP contribution >= 0.6 is 0 Å². The van der Waals surface area contributed by atoms with Crippen LogP contribution in [0.15, 0.2) is 0 Å². The van der Waals surface area contributed by atoms with Gasteiger partial charge in [-0.2, -0.15) is 0 Å². The first-order chi connectivity index (χ1) is 9.76. The minimum atomic E-state index is -0.332. The highest BCUT2D eigenvalue weighted by Gasteiger charge is 2.50. The van der Waals surface area contributed by atoms with Gasteiger partial charge in [-0.1, -0.05) is 27.2 Å². The van der Waals surface area contributed by atoms with E-state index >= 15 is 0 Å². The molecule has 1 heterocycles. The van der Waals surface area contributed by atoms with E-state index in [0.717, 1.165) is 12.8 Å². The summed E-state index contributed by atoms with van der Waals surface area (Å²) in [4.78, 5) is 14.4. The van der Waals surface area contributed by atoms with Crippen molar-refractivity contribution in [2.75, 3.05) is 13.2 Å². The number of carbonyl (C=O) groups excluding carboxylic acids is 1. The van der Waals surface area contributed by atoms with E-state index in [0.29, 0.717) is 24.3 Å². The first kappa shape index (κ1) is 16.8. The zero-order chi connectivity index (χ0) is 15.8. The summed E-state index contributed by atoms with van der Waals surface area (Å²) >= 11 is 0. The van der Waals surface area contributed by atoms with Crippen LogP contribution in [0.3, 0.4) is 0 Å². The number of rotatable bonds is 5. The maximum Gasteiger partial charge on any atom is 0.325 e. The van der Waals surface area contributed by atoms with Gasteiger partial charge >= 0.3 is 5.97 Å². The summed E-state index contributed by atoms with van der Waals surface area (Å²) in [5, 5.41) is 9.38. The SMILES string of the molecule is CC(C)[C@@H]1CC[C@@H](C)C[C@H]1OC(=O)[C@H]1CN1C(C)(C)CO. The maximum absolute atomic E-state index is 12.4. The number of carbonyl (C=O) groups is 1. The second kappa shape index (κ2) is 6.25. The quantitative estimate of drug-likeness (QED) is 0.625. The van der Waals surface area contributed by atoms with Crippen molar-refractivity contribution in [2.24, 2.45) is 17.8 Å². The van der Waals surface area contributed by atoms with E-state index in [9.17, 15) is 9.90 Å². The van der Waals surface area contributed by atoms with Gasteiger partial charge in [0.15, 0.2) is 0 Å². The zero-order valence-corrected chi connectivity index (χ0v) is 14.1. The lowest BCUT2D eigenvalue weighted by molar-refractivity contribution is -0.156. The maximum atomic E-state index is 12.4. The van der Waals surface area contributed by atoms with Crippen molar-refractivity contribution in [3.63, 3.8) is 0 Å². The molecule has 2 aliphatic rings. The van der Waals surface area contributed by atoms with Gasteiger partial charge < -0.3 is 9.84 Å². The minimum absolute atomic E-state index is 0.0614. The number of hydrogen-bond acceptors (Lipinski definition) is 4. The molecular formula is C17H31NO3. The van der Waals surface area contributed by atoms with Gasteiger partial charge in [0, 0.05) is 12.1 Å². The van der Waals surface area contributed by atoms with Gasteiger partial charge in [-0.15, -0.1) is 0 Å². The third-order valence-electron chi connectivity index (χ3n) is 5.28. The molecule has 0 bridgehead atoms. The lowest BCUT2D eigenvalue weighted by Crippen LogP contribution is -2.40. The summed E-state index contributed by atoms with van der Waals surface area (Å²) in [5.74, 6) is 1.59. The minimum Gasteiger partial charge on any atom is -0.461 e. The Morgan fingerprint density at radius 1 is 1.38 bits per heavy atom. The lowest BCUT2D eigenvalue weighted by Gasteiger charge is -2.36. The molecule has 122 valence electrons. The van der Waals surface area contributed by atoms with Crippen molar-refractivity contribution in [1.29, 1.82) is 0 Å². The van der Waals surface area contributed by atoms with Crippen LogP contribution in [0, 0.1) is 17.8 Å². The third kappa shape index (κ3) is 3.78. The van der Waals surface area contributed by atoms with Gasteiger partial charge in [0.1, 0.15) is 12.1 Å². The standard InChI is InChI=1S/C17H31NO3/c1-11(2)13-7-6-12(3)8-15(13)21-16(20)14-9-18(14)17(4,5)10-19/h11-15,19H,6-10H2,1-5H3/t12-,13+,14-,15-,18?/m1/s1. The summed E-state index contributed by atoms with van der Waals surface area (Å²) in [6.07, 6.45) is 3.46. The van der Waals surface area contributed by atoms with Crippen molar-refractivity contribution in [3.05, 3.63) is 0 Å². The highest BCUT2D eigenvalue weighted by Crippen LogP contribution is 2.37. The van der Waals surface area contributed by atoms with Gasteiger partial charge in [0.2, 0.25) is 0 Å². The Morgan fingerprint density at radius 2 is 2.05 bits per heavy atom. The molecule has 1 saturated heterocycles. The summed E-state index contributed by atoms with van der Waals surface area (Å²) < 4.78 is 5.87. The average molecular weight is 297 g/mol. The second-order valence-corrected chi connectivity index (χ2v) is 7.94. The number of aliphatic hydroxyl groups excluding tert-OH is 1. The van der Waals surface area contributed by atoms with Gasteiger partial charge in [-0.3, -0.25) is 9.69 Å². The highest BCUT2D eigenvalue weighted by atomic mass is 16.5. The molecule has 5 atom stereocenters. The van der Waals surface area contributed by atoms with E-state index in [1.165, 1.54) is 6.42 Å². The molecule has 0 aromatic carbocycles. The van der Waals surface area contributed by atoms with Gasteiger partial charge in [-0.05, 0) is 44.4 Å². The molecule has 0 aromatic rings. The molecule has 1 aliphatic heterocycles. The summed E-state index contributed by atoms with van der Waals surface area (Å²) in [6, 6.07) is -0.155. The van der Waals surface area contributed by atoms with Crippen molar-refractivity contribution in [1.82, 2.24) is 4.90 Å². The Labute approximate surface area is 128 Å². The van der Waals surface area contributed by atoms with Crippen molar-refractivity contribution in [2.45, 2.75) is 71.6 Å². The van der Waals surface area contributed by atoms with Crippen LogP contribution in [0.25, 0.3) is 0 Å². The Balaban J connectivity index is 1.92. The van der Waals surface area contributed by atoms with Crippen LogP contribution in [-0.4, -0.2) is 46.8 Å². The van der Waals surface area contributed by atoms with Crippen LogP contribution in [0.1, 0.15) is 53.9 Å². The van der Waals surface area contributed by atoms with E-state index in [1.54, 1.807) is 0 Å². The fourth-order valence-electron chi connectivity index (χ4n) is 3.58. The fraction of sp³-hybridized carbons (Fsp3) is 0.941. The largest absolute Gasteiger partial charge is 0.461 e. The lowest BCUT2D eigenvalue weighted by atomic mass is 9.75. The number of aliphatic hydroxyl groups is 1. The molecular weight excluding hydrogens is 266 g/mol. The Hall–Kier alpha value is -0.610. The normalized spacial score (nSPS) is 36.6. The van der Waals surface area contributed by atoms with Crippen molar-refractivity contribution >= 4 is 5.97 Å². The van der Waals surface area contributed by atoms with Gasteiger partial charge in [0.05, 0.1) is 6.61 Å². The fourth-order valence-corrected chi connectivity index (χ4v) is 3.58. The number of hydrogen-bond donors (Lipinski definition) is 1. The predicted octanol–water partition coefficient (Wildman–Crippen LogP) is 2.45. The Kier molecular flexibility index (Phi) is 4.99. The highest BCUT2D eigenvalue weighted by molar-refractivity contribution is 5.79. The van der Waals surface area contributed by atoms with Crippen molar-refractivity contribution < 1.29 is 14.6 Å². The van der Waals surface area contributed by atoms with Crippen molar-refractivity contribution in [3.8, 4) is 0 Å². The third-order valence-corrected chi connectivity index (χ3v) is 5.28. The topological polar surface area (TPSA) is 49.5 Å². The molecule has 21 heavy (non-hydrogen) atoms. The van der Waals surface area contributed by atoms with Crippen LogP contribution < -0.4 is 0 Å². The summed E-state index contributed by atoms with van der Waals surface area (Å²) in [7, 11) is 0. The monoisotopic (exact) mass is 297 g/mol. The smallest absolute Gasteiger partial charge is 0.325 e. The number of esters is 1. The molecule has 1 N–H and O–H groups in total. The van der Waals surface area contributed by atoms with Gasteiger partial charge in [0.25, 0.3) is 0 Å². The zero-order valence-electron chi connectivity index (χ0n) is 14.1. The number of nitrogens with zero attached hydrogens (tertiary/aromatic N) is 1.